The lowest BCUT2D eigenvalue weighted by molar-refractivity contribution is 0.108. The zero-order chi connectivity index (χ0) is 15.5. The summed E-state index contributed by atoms with van der Waals surface area (Å²) in [6, 6.07) is 11.6. The SMILES string of the molecule is Cc1cc(C)cc(C(O)COc2ccc3nccnc3c2)c1. The molecule has 0 radical (unpaired) electrons. The van der Waals surface area contributed by atoms with Gasteiger partial charge in [0, 0.05) is 18.5 Å². The summed E-state index contributed by atoms with van der Waals surface area (Å²) < 4.78 is 5.69. The third-order valence-electron chi connectivity index (χ3n) is 3.48. The first kappa shape index (κ1) is 14.5. The van der Waals surface area contributed by atoms with E-state index in [1.54, 1.807) is 12.4 Å². The van der Waals surface area contributed by atoms with Crippen molar-refractivity contribution in [3.8, 4) is 5.75 Å². The number of aliphatic hydroxyl groups excluding tert-OH is 1. The van der Waals surface area contributed by atoms with Gasteiger partial charge in [0.1, 0.15) is 18.5 Å². The first-order chi connectivity index (χ1) is 10.6. The van der Waals surface area contributed by atoms with E-state index in [-0.39, 0.29) is 6.61 Å². The Kier molecular flexibility index (Phi) is 4.02. The van der Waals surface area contributed by atoms with Crippen LogP contribution in [-0.4, -0.2) is 21.7 Å². The number of aromatic nitrogens is 2. The van der Waals surface area contributed by atoms with Gasteiger partial charge in [0.2, 0.25) is 0 Å². The maximum Gasteiger partial charge on any atom is 0.121 e. The van der Waals surface area contributed by atoms with E-state index in [9.17, 15) is 5.11 Å². The smallest absolute Gasteiger partial charge is 0.121 e. The molecule has 0 aliphatic rings. The Morgan fingerprint density at radius 3 is 2.36 bits per heavy atom. The molecule has 2 aromatic carbocycles. The van der Waals surface area contributed by atoms with Crippen LogP contribution in [0.25, 0.3) is 11.0 Å². The molecular weight excluding hydrogens is 276 g/mol. The highest BCUT2D eigenvalue weighted by molar-refractivity contribution is 5.75. The molecule has 3 rings (SSSR count). The zero-order valence-corrected chi connectivity index (χ0v) is 12.7. The summed E-state index contributed by atoms with van der Waals surface area (Å²) in [4.78, 5) is 8.46. The average molecular weight is 294 g/mol. The highest BCUT2D eigenvalue weighted by atomic mass is 16.5. The second kappa shape index (κ2) is 6.12. The Morgan fingerprint density at radius 2 is 1.64 bits per heavy atom. The highest BCUT2D eigenvalue weighted by Gasteiger charge is 2.10. The molecule has 0 aliphatic carbocycles. The molecule has 0 fully saturated rings. The Labute approximate surface area is 129 Å². The van der Waals surface area contributed by atoms with Crippen LogP contribution in [-0.2, 0) is 0 Å². The number of hydrogen-bond donors (Lipinski definition) is 1. The Bertz CT molecular complexity index is 782. The van der Waals surface area contributed by atoms with Crippen LogP contribution in [0.3, 0.4) is 0 Å². The lowest BCUT2D eigenvalue weighted by Gasteiger charge is -2.14. The van der Waals surface area contributed by atoms with Crippen molar-refractivity contribution in [3.05, 3.63) is 65.5 Å². The van der Waals surface area contributed by atoms with Crippen LogP contribution >= 0.6 is 0 Å². The fourth-order valence-electron chi connectivity index (χ4n) is 2.51. The molecule has 4 nitrogen and oxygen atoms in total. The quantitative estimate of drug-likeness (QED) is 0.801. The number of benzene rings is 2. The van der Waals surface area contributed by atoms with E-state index in [0.717, 1.165) is 27.7 Å². The number of nitrogens with zero attached hydrogens (tertiary/aromatic N) is 2. The molecule has 4 heteroatoms. The molecule has 1 unspecified atom stereocenters. The van der Waals surface area contributed by atoms with Crippen LogP contribution in [0.5, 0.6) is 5.75 Å². The summed E-state index contributed by atoms with van der Waals surface area (Å²) in [5, 5.41) is 10.3. The first-order valence-electron chi connectivity index (χ1n) is 7.21. The van der Waals surface area contributed by atoms with E-state index in [1.165, 1.54) is 0 Å². The molecule has 0 spiro atoms. The van der Waals surface area contributed by atoms with E-state index < -0.39 is 6.10 Å². The van der Waals surface area contributed by atoms with E-state index in [4.69, 9.17) is 4.74 Å². The van der Waals surface area contributed by atoms with E-state index >= 15 is 0 Å². The summed E-state index contributed by atoms with van der Waals surface area (Å²) >= 11 is 0. The molecule has 0 amide bonds. The van der Waals surface area contributed by atoms with E-state index in [1.807, 2.05) is 44.2 Å². The molecule has 0 aliphatic heterocycles. The predicted octanol–water partition coefficient (Wildman–Crippen LogP) is 3.36. The molecule has 1 heterocycles. The molecule has 0 saturated heterocycles. The third kappa shape index (κ3) is 3.23. The number of aliphatic hydroxyl groups is 1. The third-order valence-corrected chi connectivity index (χ3v) is 3.48. The van der Waals surface area contributed by atoms with Gasteiger partial charge in [-0.1, -0.05) is 29.3 Å². The predicted molar refractivity (Wildman–Crippen MR) is 85.9 cm³/mol. The normalized spacial score (nSPS) is 12.3. The van der Waals surface area contributed by atoms with Gasteiger partial charge in [-0.05, 0) is 31.5 Å². The molecule has 0 bridgehead atoms. The van der Waals surface area contributed by atoms with Crippen molar-refractivity contribution in [2.75, 3.05) is 6.61 Å². The van der Waals surface area contributed by atoms with Crippen LogP contribution in [0.1, 0.15) is 22.8 Å². The molecule has 1 atom stereocenters. The van der Waals surface area contributed by atoms with Crippen molar-refractivity contribution < 1.29 is 9.84 Å². The molecular formula is C18H18N2O2. The molecule has 1 N–H and O–H groups in total. The Balaban J connectivity index is 1.72. The number of ether oxygens (including phenoxy) is 1. The molecule has 3 aromatic rings. The summed E-state index contributed by atoms with van der Waals surface area (Å²) in [6.07, 6.45) is 2.65. The van der Waals surface area contributed by atoms with Gasteiger partial charge in [0.15, 0.2) is 0 Å². The molecule has 1 aromatic heterocycles. The minimum atomic E-state index is -0.656. The summed E-state index contributed by atoms with van der Waals surface area (Å²) in [5.74, 6) is 0.677. The van der Waals surface area contributed by atoms with Crippen molar-refractivity contribution in [1.82, 2.24) is 9.97 Å². The van der Waals surface area contributed by atoms with Crippen LogP contribution in [0.15, 0.2) is 48.8 Å². The minimum Gasteiger partial charge on any atom is -0.490 e. The van der Waals surface area contributed by atoms with Gasteiger partial charge in [-0.25, -0.2) is 0 Å². The van der Waals surface area contributed by atoms with Gasteiger partial charge in [-0.15, -0.1) is 0 Å². The average Bonchev–Trinajstić information content (AvgIpc) is 2.51. The zero-order valence-electron chi connectivity index (χ0n) is 12.7. The van der Waals surface area contributed by atoms with Crippen molar-refractivity contribution >= 4 is 11.0 Å². The van der Waals surface area contributed by atoms with E-state index in [0.29, 0.717) is 5.75 Å². The van der Waals surface area contributed by atoms with Gasteiger partial charge in [-0.3, -0.25) is 9.97 Å². The van der Waals surface area contributed by atoms with Crippen LogP contribution < -0.4 is 4.74 Å². The second-order valence-corrected chi connectivity index (χ2v) is 5.45. The maximum atomic E-state index is 10.3. The van der Waals surface area contributed by atoms with Crippen LogP contribution in [0, 0.1) is 13.8 Å². The standard InChI is InChI=1S/C18H18N2O2/c1-12-7-13(2)9-14(8-12)18(21)11-22-15-3-4-16-17(10-15)20-6-5-19-16/h3-10,18,21H,11H2,1-2H3. The Morgan fingerprint density at radius 1 is 0.955 bits per heavy atom. The van der Waals surface area contributed by atoms with Crippen LogP contribution in [0.4, 0.5) is 0 Å². The van der Waals surface area contributed by atoms with Crippen molar-refractivity contribution in [3.63, 3.8) is 0 Å². The fourth-order valence-corrected chi connectivity index (χ4v) is 2.51. The topological polar surface area (TPSA) is 55.2 Å². The van der Waals surface area contributed by atoms with Gasteiger partial charge >= 0.3 is 0 Å². The van der Waals surface area contributed by atoms with Crippen LogP contribution in [0.2, 0.25) is 0 Å². The van der Waals surface area contributed by atoms with Gasteiger partial charge in [-0.2, -0.15) is 0 Å². The Hall–Kier alpha value is -2.46. The lowest BCUT2D eigenvalue weighted by Crippen LogP contribution is -2.10. The van der Waals surface area contributed by atoms with Gasteiger partial charge < -0.3 is 9.84 Å². The minimum absolute atomic E-state index is 0.203. The molecule has 112 valence electrons. The monoisotopic (exact) mass is 294 g/mol. The first-order valence-corrected chi connectivity index (χ1v) is 7.21. The summed E-state index contributed by atoms with van der Waals surface area (Å²) in [6.45, 7) is 4.24. The number of fused-ring (bicyclic) bond motifs is 1. The summed E-state index contributed by atoms with van der Waals surface area (Å²) in [5.41, 5.74) is 4.74. The number of rotatable bonds is 4. The molecule has 0 saturated carbocycles. The van der Waals surface area contributed by atoms with E-state index in [2.05, 4.69) is 16.0 Å². The van der Waals surface area contributed by atoms with Crippen molar-refractivity contribution in [2.45, 2.75) is 20.0 Å². The summed E-state index contributed by atoms with van der Waals surface area (Å²) in [7, 11) is 0. The van der Waals surface area contributed by atoms with Gasteiger partial charge in [0.05, 0.1) is 11.0 Å². The van der Waals surface area contributed by atoms with Gasteiger partial charge in [0.25, 0.3) is 0 Å². The second-order valence-electron chi connectivity index (χ2n) is 5.45. The number of hydrogen-bond acceptors (Lipinski definition) is 4. The van der Waals surface area contributed by atoms with Crippen molar-refractivity contribution in [1.29, 1.82) is 0 Å². The highest BCUT2D eigenvalue weighted by Crippen LogP contribution is 2.21. The lowest BCUT2D eigenvalue weighted by atomic mass is 10.0. The number of aryl methyl sites for hydroxylation is 2. The fraction of sp³-hybridized carbons (Fsp3) is 0.222. The molecule has 22 heavy (non-hydrogen) atoms. The maximum absolute atomic E-state index is 10.3. The largest absolute Gasteiger partial charge is 0.490 e. The van der Waals surface area contributed by atoms with Crippen molar-refractivity contribution in [2.24, 2.45) is 0 Å².